The van der Waals surface area contributed by atoms with Gasteiger partial charge in [-0.05, 0) is 37.1 Å². The van der Waals surface area contributed by atoms with Crippen molar-refractivity contribution in [3.63, 3.8) is 0 Å². The highest BCUT2D eigenvalue weighted by molar-refractivity contribution is 7.19. The number of urea groups is 1. The molecular formula is C19H19ClN4O3S. The van der Waals surface area contributed by atoms with E-state index in [1.54, 1.807) is 22.8 Å². The minimum absolute atomic E-state index is 0.0153. The third-order valence-electron chi connectivity index (χ3n) is 5.46. The highest BCUT2D eigenvalue weighted by Crippen LogP contribution is 2.47. The Labute approximate surface area is 171 Å². The maximum atomic E-state index is 13.0. The first-order chi connectivity index (χ1) is 13.3. The zero-order valence-electron chi connectivity index (χ0n) is 15.5. The van der Waals surface area contributed by atoms with Crippen LogP contribution in [0.4, 0.5) is 15.6 Å². The van der Waals surface area contributed by atoms with Gasteiger partial charge in [0.15, 0.2) is 10.9 Å². The molecule has 3 amide bonds. The van der Waals surface area contributed by atoms with E-state index in [1.807, 2.05) is 12.1 Å². The van der Waals surface area contributed by atoms with E-state index in [2.05, 4.69) is 10.3 Å². The van der Waals surface area contributed by atoms with Crippen molar-refractivity contribution in [1.82, 2.24) is 9.88 Å². The number of anilines is 2. The second-order valence-electron chi connectivity index (χ2n) is 7.24. The third-order valence-corrected chi connectivity index (χ3v) is 6.49. The predicted octanol–water partition coefficient (Wildman–Crippen LogP) is 3.54. The van der Waals surface area contributed by atoms with Crippen LogP contribution >= 0.6 is 22.9 Å². The summed E-state index contributed by atoms with van der Waals surface area (Å²) in [6, 6.07) is 5.11. The topological polar surface area (TPSA) is 82.6 Å². The lowest BCUT2D eigenvalue weighted by molar-refractivity contribution is -0.127. The van der Waals surface area contributed by atoms with Crippen LogP contribution in [0.5, 0.6) is 0 Å². The Bertz CT molecular complexity index is 991. The second kappa shape index (κ2) is 6.86. The fourth-order valence-electron chi connectivity index (χ4n) is 4.03. The Hall–Kier alpha value is -2.45. The normalized spacial score (nSPS) is 20.5. The monoisotopic (exact) mass is 418 g/mol. The van der Waals surface area contributed by atoms with Crippen LogP contribution in [0.15, 0.2) is 24.4 Å². The number of amides is 3. The van der Waals surface area contributed by atoms with Gasteiger partial charge in [-0.3, -0.25) is 19.8 Å². The van der Waals surface area contributed by atoms with Crippen molar-refractivity contribution < 1.29 is 14.4 Å². The van der Waals surface area contributed by atoms with Gasteiger partial charge >= 0.3 is 6.03 Å². The number of thiazole rings is 1. The maximum Gasteiger partial charge on any atom is 0.328 e. The maximum absolute atomic E-state index is 13.0. The van der Waals surface area contributed by atoms with Gasteiger partial charge in [-0.2, -0.15) is 0 Å². The highest BCUT2D eigenvalue weighted by atomic mass is 35.5. The summed E-state index contributed by atoms with van der Waals surface area (Å²) in [5.74, 6) is -0.0128. The number of aromatic nitrogens is 1. The largest absolute Gasteiger partial charge is 0.342 e. The molecule has 1 aromatic carbocycles. The quantitative estimate of drug-likeness (QED) is 0.756. The number of nitrogens with one attached hydrogen (secondary N) is 1. The summed E-state index contributed by atoms with van der Waals surface area (Å²) in [5, 5.41) is 3.21. The summed E-state index contributed by atoms with van der Waals surface area (Å²) in [6.45, 7) is 4.69. The van der Waals surface area contributed by atoms with E-state index in [1.165, 1.54) is 24.5 Å². The van der Waals surface area contributed by atoms with Crippen molar-refractivity contribution >= 4 is 51.5 Å². The summed E-state index contributed by atoms with van der Waals surface area (Å²) in [5.41, 5.74) is 1.94. The fraction of sp³-hybridized carbons (Fsp3) is 0.368. The minimum atomic E-state index is -0.371. The molecule has 0 saturated carbocycles. The molecule has 3 heterocycles. The molecule has 0 bridgehead atoms. The Morgan fingerprint density at radius 1 is 1.25 bits per heavy atom. The van der Waals surface area contributed by atoms with Crippen LogP contribution < -0.4 is 10.2 Å². The Balaban J connectivity index is 1.70. The molecule has 0 aliphatic carbocycles. The first kappa shape index (κ1) is 18.9. The number of likely N-dealkylation sites (tertiary alicyclic amines) is 1. The standard InChI is InChI=1S/C19H19ClN4O3S/c1-11(25)13-3-4-15-14(7-13)19(5-6-23(9-19)12(2)26)10-24(15)18(27)22-17-21-8-16(20)28-17/h3-4,7-8H,5-6,9-10H2,1-2H3,(H,21,22,27). The first-order valence-corrected chi connectivity index (χ1v) is 10.1. The number of hydrogen-bond donors (Lipinski definition) is 1. The van der Waals surface area contributed by atoms with Gasteiger partial charge < -0.3 is 4.90 Å². The highest BCUT2D eigenvalue weighted by Gasteiger charge is 2.49. The smallest absolute Gasteiger partial charge is 0.328 e. The number of benzene rings is 1. The molecule has 4 rings (SSSR count). The molecule has 7 nitrogen and oxygen atoms in total. The molecule has 9 heteroatoms. The van der Waals surface area contributed by atoms with Gasteiger partial charge in [0.2, 0.25) is 5.91 Å². The predicted molar refractivity (Wildman–Crippen MR) is 108 cm³/mol. The Kier molecular flexibility index (Phi) is 4.63. The van der Waals surface area contributed by atoms with Crippen LogP contribution in [-0.4, -0.2) is 47.2 Å². The van der Waals surface area contributed by atoms with Crippen LogP contribution in [0.25, 0.3) is 0 Å². The number of rotatable bonds is 2. The van der Waals surface area contributed by atoms with Crippen molar-refractivity contribution in [2.24, 2.45) is 0 Å². The van der Waals surface area contributed by atoms with Gasteiger partial charge in [-0.25, -0.2) is 9.78 Å². The van der Waals surface area contributed by atoms with Crippen LogP contribution in [-0.2, 0) is 10.2 Å². The number of carbonyl (C=O) groups excluding carboxylic acids is 3. The number of nitrogens with zero attached hydrogens (tertiary/aromatic N) is 3. The minimum Gasteiger partial charge on any atom is -0.342 e. The van der Waals surface area contributed by atoms with Crippen molar-refractivity contribution in [1.29, 1.82) is 0 Å². The molecule has 1 aromatic heterocycles. The zero-order valence-corrected chi connectivity index (χ0v) is 17.1. The molecule has 2 aromatic rings. The van der Waals surface area contributed by atoms with Crippen molar-refractivity contribution in [3.05, 3.63) is 39.9 Å². The van der Waals surface area contributed by atoms with E-state index >= 15 is 0 Å². The number of halogens is 1. The van der Waals surface area contributed by atoms with Crippen LogP contribution in [0.2, 0.25) is 4.34 Å². The molecule has 1 N–H and O–H groups in total. The van der Waals surface area contributed by atoms with Gasteiger partial charge in [0, 0.05) is 43.2 Å². The molecular weight excluding hydrogens is 400 g/mol. The first-order valence-electron chi connectivity index (χ1n) is 8.90. The third kappa shape index (κ3) is 3.16. The fourth-order valence-corrected chi connectivity index (χ4v) is 4.83. The van der Waals surface area contributed by atoms with Crippen LogP contribution in [0, 0.1) is 0 Å². The van der Waals surface area contributed by atoms with E-state index in [4.69, 9.17) is 11.6 Å². The molecule has 1 spiro atoms. The second-order valence-corrected chi connectivity index (χ2v) is 8.91. The van der Waals surface area contributed by atoms with Crippen molar-refractivity contribution in [2.45, 2.75) is 25.7 Å². The lowest BCUT2D eigenvalue weighted by Crippen LogP contribution is -2.41. The van der Waals surface area contributed by atoms with E-state index in [0.29, 0.717) is 34.7 Å². The number of carbonyl (C=O) groups is 3. The summed E-state index contributed by atoms with van der Waals surface area (Å²) in [7, 11) is 0. The molecule has 28 heavy (non-hydrogen) atoms. The Morgan fingerprint density at radius 2 is 2.04 bits per heavy atom. The van der Waals surface area contributed by atoms with Gasteiger partial charge in [0.1, 0.15) is 4.34 Å². The number of ketones is 1. The van der Waals surface area contributed by atoms with Crippen LogP contribution in [0.1, 0.15) is 36.2 Å². The van der Waals surface area contributed by atoms with E-state index < -0.39 is 0 Å². The number of fused-ring (bicyclic) bond motifs is 2. The van der Waals surface area contributed by atoms with Gasteiger partial charge in [-0.1, -0.05) is 22.9 Å². The molecule has 146 valence electrons. The molecule has 1 saturated heterocycles. The van der Waals surface area contributed by atoms with Gasteiger partial charge in [-0.15, -0.1) is 0 Å². The molecule has 1 unspecified atom stereocenters. The number of Topliss-reactive ketones (excluding diaryl/α,β-unsaturated/α-hetero) is 1. The average Bonchev–Trinajstić information content (AvgIpc) is 3.34. The average molecular weight is 419 g/mol. The van der Waals surface area contributed by atoms with E-state index in [9.17, 15) is 14.4 Å². The lowest BCUT2D eigenvalue weighted by atomic mass is 9.81. The Morgan fingerprint density at radius 3 is 2.64 bits per heavy atom. The van der Waals surface area contributed by atoms with E-state index in [-0.39, 0.29) is 23.1 Å². The molecule has 0 radical (unpaired) electrons. The zero-order chi connectivity index (χ0) is 20.1. The molecule has 2 aliphatic rings. The summed E-state index contributed by atoms with van der Waals surface area (Å²) in [6.07, 6.45) is 2.23. The van der Waals surface area contributed by atoms with Crippen LogP contribution in [0.3, 0.4) is 0 Å². The molecule has 1 fully saturated rings. The van der Waals surface area contributed by atoms with E-state index in [0.717, 1.165) is 17.7 Å². The molecule has 1 atom stereocenters. The van der Waals surface area contributed by atoms with Gasteiger partial charge in [0.05, 0.1) is 6.20 Å². The van der Waals surface area contributed by atoms with Gasteiger partial charge in [0.25, 0.3) is 0 Å². The SMILES string of the molecule is CC(=O)c1ccc2c(c1)C1(CCN(C(C)=O)C1)CN2C(=O)Nc1ncc(Cl)s1. The lowest BCUT2D eigenvalue weighted by Gasteiger charge is -2.25. The van der Waals surface area contributed by atoms with Crippen molar-refractivity contribution in [2.75, 3.05) is 29.9 Å². The molecule has 2 aliphatic heterocycles. The van der Waals surface area contributed by atoms with Crippen molar-refractivity contribution in [3.8, 4) is 0 Å². The summed E-state index contributed by atoms with van der Waals surface area (Å²) >= 11 is 7.09. The summed E-state index contributed by atoms with van der Waals surface area (Å²) < 4.78 is 0.493. The number of hydrogen-bond acceptors (Lipinski definition) is 5. The summed E-state index contributed by atoms with van der Waals surface area (Å²) in [4.78, 5) is 44.3.